The fourth-order valence-corrected chi connectivity index (χ4v) is 1.55. The molecule has 0 aromatic heterocycles. The molecule has 2 N–H and O–H groups in total. The van der Waals surface area contributed by atoms with Crippen molar-refractivity contribution in [3.8, 4) is 0 Å². The van der Waals surface area contributed by atoms with Crippen LogP contribution in [-0.4, -0.2) is 35.3 Å². The number of hydrogen-bond acceptors (Lipinski definition) is 6. The summed E-state index contributed by atoms with van der Waals surface area (Å²) in [7, 11) is 0. The lowest BCUT2D eigenvalue weighted by atomic mass is 10.2. The number of hydrogen-bond donors (Lipinski definition) is 2. The third-order valence-corrected chi connectivity index (χ3v) is 2.51. The number of benzene rings is 1. The minimum Gasteiger partial charge on any atom is -0.464 e. The molecule has 8 heteroatoms. The van der Waals surface area contributed by atoms with Crippen molar-refractivity contribution in [2.24, 2.45) is 0 Å². The van der Waals surface area contributed by atoms with Gasteiger partial charge in [0.1, 0.15) is 5.02 Å². The Kier molecular flexibility index (Phi) is 5.53. The second-order valence-electron chi connectivity index (χ2n) is 3.57. The highest BCUT2D eigenvalue weighted by molar-refractivity contribution is 6.32. The molecule has 0 saturated carbocycles. The molecule has 0 aliphatic carbocycles. The fourth-order valence-electron chi connectivity index (χ4n) is 1.30. The van der Waals surface area contributed by atoms with Crippen LogP contribution in [0.1, 0.15) is 6.92 Å². The summed E-state index contributed by atoms with van der Waals surface area (Å²) in [6.07, 6.45) is -1.31. The zero-order valence-electron chi connectivity index (χ0n) is 10.1. The zero-order valence-corrected chi connectivity index (χ0v) is 10.9. The summed E-state index contributed by atoms with van der Waals surface area (Å²) in [5.74, 6) is -0.733. The number of nitrogens with zero attached hydrogens (tertiary/aromatic N) is 1. The molecule has 1 atom stereocenters. The van der Waals surface area contributed by atoms with Crippen molar-refractivity contribution in [2.75, 3.05) is 18.5 Å². The second-order valence-corrected chi connectivity index (χ2v) is 3.98. The van der Waals surface area contributed by atoms with E-state index in [9.17, 15) is 20.0 Å². The van der Waals surface area contributed by atoms with E-state index in [1.54, 1.807) is 6.92 Å². The Morgan fingerprint density at radius 1 is 1.63 bits per heavy atom. The van der Waals surface area contributed by atoms with E-state index in [0.717, 1.165) is 0 Å². The summed E-state index contributed by atoms with van der Waals surface area (Å²) in [4.78, 5) is 21.1. The molecule has 7 nitrogen and oxygen atoms in total. The van der Waals surface area contributed by atoms with Crippen LogP contribution in [0.25, 0.3) is 0 Å². The first-order valence-corrected chi connectivity index (χ1v) is 5.86. The second kappa shape index (κ2) is 6.91. The lowest BCUT2D eigenvalue weighted by molar-refractivity contribution is -0.384. The van der Waals surface area contributed by atoms with Gasteiger partial charge in [0.05, 0.1) is 18.1 Å². The predicted molar refractivity (Wildman–Crippen MR) is 69.2 cm³/mol. The lowest BCUT2D eigenvalue weighted by Crippen LogP contribution is -2.30. The molecular formula is C11H13ClN2O5. The molecule has 0 bridgehead atoms. The molecule has 0 fully saturated rings. The Morgan fingerprint density at radius 2 is 2.32 bits per heavy atom. The largest absolute Gasteiger partial charge is 0.464 e. The van der Waals surface area contributed by atoms with Crippen molar-refractivity contribution in [1.29, 1.82) is 0 Å². The van der Waals surface area contributed by atoms with Crippen molar-refractivity contribution < 1.29 is 19.6 Å². The summed E-state index contributed by atoms with van der Waals surface area (Å²) in [6, 6.07) is 4.01. The van der Waals surface area contributed by atoms with Crippen LogP contribution in [0.5, 0.6) is 0 Å². The summed E-state index contributed by atoms with van der Waals surface area (Å²) >= 11 is 5.72. The Hall–Kier alpha value is -1.86. The van der Waals surface area contributed by atoms with Crippen LogP contribution in [-0.2, 0) is 9.53 Å². The number of nitro groups is 1. The molecule has 19 heavy (non-hydrogen) atoms. The third-order valence-electron chi connectivity index (χ3n) is 2.20. The zero-order chi connectivity index (χ0) is 14.4. The molecule has 0 spiro atoms. The van der Waals surface area contributed by atoms with Crippen LogP contribution in [0.15, 0.2) is 18.2 Å². The summed E-state index contributed by atoms with van der Waals surface area (Å²) in [5, 5.41) is 22.7. The number of carbonyl (C=O) groups is 1. The molecule has 0 heterocycles. The first-order valence-electron chi connectivity index (χ1n) is 5.48. The van der Waals surface area contributed by atoms with E-state index in [4.69, 9.17) is 11.6 Å². The van der Waals surface area contributed by atoms with Gasteiger partial charge in [0.2, 0.25) is 0 Å². The van der Waals surface area contributed by atoms with E-state index < -0.39 is 17.0 Å². The van der Waals surface area contributed by atoms with Gasteiger partial charge in [0.25, 0.3) is 5.69 Å². The minimum absolute atomic E-state index is 0.0272. The lowest BCUT2D eigenvalue weighted by Gasteiger charge is -2.11. The summed E-state index contributed by atoms with van der Waals surface area (Å²) in [6.45, 7) is 1.74. The van der Waals surface area contributed by atoms with Crippen molar-refractivity contribution in [2.45, 2.75) is 13.0 Å². The first-order chi connectivity index (χ1) is 8.95. The fraction of sp³-hybridized carbons (Fsp3) is 0.364. The quantitative estimate of drug-likeness (QED) is 0.468. The SMILES string of the molecule is CCOC(=O)[C@@H](O)CNc1ccc([N+](=O)[O-])c(Cl)c1. The van der Waals surface area contributed by atoms with Crippen molar-refractivity contribution in [1.82, 2.24) is 0 Å². The number of carbonyl (C=O) groups excluding carboxylic acids is 1. The molecular weight excluding hydrogens is 276 g/mol. The summed E-state index contributed by atoms with van der Waals surface area (Å²) < 4.78 is 4.62. The summed E-state index contributed by atoms with van der Waals surface area (Å²) in [5.41, 5.74) is 0.247. The van der Waals surface area contributed by atoms with Crippen LogP contribution in [0.4, 0.5) is 11.4 Å². The molecule has 1 rings (SSSR count). The van der Waals surface area contributed by atoms with E-state index in [1.165, 1.54) is 18.2 Å². The maximum absolute atomic E-state index is 11.1. The van der Waals surface area contributed by atoms with Gasteiger partial charge in [-0.1, -0.05) is 11.6 Å². The van der Waals surface area contributed by atoms with Gasteiger partial charge in [-0.3, -0.25) is 10.1 Å². The van der Waals surface area contributed by atoms with Crippen LogP contribution >= 0.6 is 11.6 Å². The van der Waals surface area contributed by atoms with Crippen molar-refractivity contribution in [3.05, 3.63) is 33.3 Å². The average Bonchev–Trinajstić information content (AvgIpc) is 2.35. The minimum atomic E-state index is -1.31. The Labute approximate surface area is 114 Å². The van der Waals surface area contributed by atoms with Crippen LogP contribution < -0.4 is 5.32 Å². The number of ether oxygens (including phenoxy) is 1. The molecule has 0 unspecified atom stereocenters. The van der Waals surface area contributed by atoms with Crippen LogP contribution in [0.3, 0.4) is 0 Å². The molecule has 0 aliphatic heterocycles. The highest BCUT2D eigenvalue weighted by Crippen LogP contribution is 2.27. The number of halogens is 1. The number of aliphatic hydroxyl groups excluding tert-OH is 1. The monoisotopic (exact) mass is 288 g/mol. The predicted octanol–water partition coefficient (Wildman–Crippen LogP) is 1.58. The van der Waals surface area contributed by atoms with E-state index in [-0.39, 0.29) is 23.9 Å². The van der Waals surface area contributed by atoms with Gasteiger partial charge < -0.3 is 15.2 Å². The molecule has 0 radical (unpaired) electrons. The molecule has 0 aliphatic rings. The van der Waals surface area contributed by atoms with Crippen molar-refractivity contribution >= 4 is 28.9 Å². The number of rotatable bonds is 6. The van der Waals surface area contributed by atoms with Crippen LogP contribution in [0.2, 0.25) is 5.02 Å². The van der Waals surface area contributed by atoms with Gasteiger partial charge in [-0.05, 0) is 19.1 Å². The standard InChI is InChI=1S/C11H13ClN2O5/c1-2-19-11(16)10(15)6-13-7-3-4-9(14(17)18)8(12)5-7/h3-5,10,13,15H,2,6H2,1H3/t10-/m0/s1. The van der Waals surface area contributed by atoms with Gasteiger partial charge in [0.15, 0.2) is 6.10 Å². The number of anilines is 1. The highest BCUT2D eigenvalue weighted by atomic mass is 35.5. The Balaban J connectivity index is 2.61. The third kappa shape index (κ3) is 4.38. The van der Waals surface area contributed by atoms with E-state index >= 15 is 0 Å². The Bertz CT molecular complexity index is 480. The number of nitrogens with one attached hydrogen (secondary N) is 1. The maximum Gasteiger partial charge on any atom is 0.336 e. The maximum atomic E-state index is 11.1. The molecule has 1 aromatic carbocycles. The first kappa shape index (κ1) is 15.2. The van der Waals surface area contributed by atoms with Gasteiger partial charge in [-0.2, -0.15) is 0 Å². The smallest absolute Gasteiger partial charge is 0.336 e. The van der Waals surface area contributed by atoms with E-state index in [2.05, 4.69) is 10.1 Å². The number of esters is 1. The van der Waals surface area contributed by atoms with Crippen molar-refractivity contribution in [3.63, 3.8) is 0 Å². The molecule has 104 valence electrons. The van der Waals surface area contributed by atoms with Gasteiger partial charge in [0, 0.05) is 11.8 Å². The van der Waals surface area contributed by atoms with Gasteiger partial charge >= 0.3 is 5.97 Å². The molecule has 0 saturated heterocycles. The Morgan fingerprint density at radius 3 is 2.84 bits per heavy atom. The topological polar surface area (TPSA) is 102 Å². The van der Waals surface area contributed by atoms with E-state index in [0.29, 0.717) is 5.69 Å². The highest BCUT2D eigenvalue weighted by Gasteiger charge is 2.16. The molecule has 0 amide bonds. The number of aliphatic hydroxyl groups is 1. The van der Waals surface area contributed by atoms with Gasteiger partial charge in [-0.25, -0.2) is 4.79 Å². The van der Waals surface area contributed by atoms with E-state index in [1.807, 2.05) is 0 Å². The molecule has 1 aromatic rings. The van der Waals surface area contributed by atoms with Crippen LogP contribution in [0, 0.1) is 10.1 Å². The average molecular weight is 289 g/mol. The van der Waals surface area contributed by atoms with Gasteiger partial charge in [-0.15, -0.1) is 0 Å². The normalized spacial score (nSPS) is 11.7. The number of nitro benzene ring substituents is 1.